The summed E-state index contributed by atoms with van der Waals surface area (Å²) in [5.74, 6) is 1.83. The highest BCUT2D eigenvalue weighted by Crippen LogP contribution is 1.99. The highest BCUT2D eigenvalue weighted by Gasteiger charge is 1.99. The second-order valence-electron chi connectivity index (χ2n) is 4.64. The molecule has 0 aliphatic heterocycles. The van der Waals surface area contributed by atoms with Gasteiger partial charge < -0.3 is 15.1 Å². The van der Waals surface area contributed by atoms with E-state index in [1.54, 1.807) is 12.5 Å². The van der Waals surface area contributed by atoms with Crippen molar-refractivity contribution < 1.29 is 4.42 Å². The van der Waals surface area contributed by atoms with Crippen molar-refractivity contribution in [2.75, 3.05) is 19.6 Å². The van der Waals surface area contributed by atoms with E-state index >= 15 is 0 Å². The fraction of sp³-hybridized carbons (Fsp3) is 0.467. The lowest BCUT2D eigenvalue weighted by Gasteiger charge is -2.10. The van der Waals surface area contributed by atoms with E-state index in [1.165, 1.54) is 0 Å². The van der Waals surface area contributed by atoms with Gasteiger partial charge in [0.2, 0.25) is 0 Å². The van der Waals surface area contributed by atoms with Crippen molar-refractivity contribution >= 4 is 5.96 Å². The van der Waals surface area contributed by atoms with Crippen LogP contribution in [-0.2, 0) is 13.0 Å². The van der Waals surface area contributed by atoms with Crippen LogP contribution >= 0.6 is 0 Å². The van der Waals surface area contributed by atoms with E-state index in [0.717, 1.165) is 50.7 Å². The van der Waals surface area contributed by atoms with E-state index in [4.69, 9.17) is 4.42 Å². The maximum atomic E-state index is 5.31. The molecule has 2 heterocycles. The van der Waals surface area contributed by atoms with E-state index in [2.05, 4.69) is 27.6 Å². The first-order valence-corrected chi connectivity index (χ1v) is 7.40. The molecule has 0 amide bonds. The third kappa shape index (κ3) is 5.72. The first kappa shape index (κ1) is 15.2. The molecule has 6 heteroatoms. The number of rotatable bonds is 8. The van der Waals surface area contributed by atoms with Crippen LogP contribution in [-0.4, -0.2) is 35.4 Å². The van der Waals surface area contributed by atoms with E-state index in [1.807, 2.05) is 29.1 Å². The van der Waals surface area contributed by atoms with Crippen LogP contribution in [0.5, 0.6) is 0 Å². The molecular weight excluding hydrogens is 266 g/mol. The molecule has 0 aliphatic rings. The Hall–Kier alpha value is -2.24. The van der Waals surface area contributed by atoms with E-state index in [0.29, 0.717) is 0 Å². The summed E-state index contributed by atoms with van der Waals surface area (Å²) >= 11 is 0. The molecule has 2 aromatic heterocycles. The molecular formula is C15H23N5O. The van der Waals surface area contributed by atoms with Gasteiger partial charge in [-0.2, -0.15) is 5.10 Å². The standard InChI is InChI=1S/C15H23N5O/c1-2-16-15(18-10-7-14-6-3-13-21-14)17-8-4-11-20-12-5-9-19-20/h3,5-6,9,12-13H,2,4,7-8,10-11H2,1H3,(H2,16,17,18). The zero-order chi connectivity index (χ0) is 14.8. The normalized spacial score (nSPS) is 11.6. The number of aliphatic imine (C=N–C) groups is 1. The van der Waals surface area contributed by atoms with Gasteiger partial charge in [-0.25, -0.2) is 0 Å². The van der Waals surface area contributed by atoms with Gasteiger partial charge in [-0.1, -0.05) is 0 Å². The van der Waals surface area contributed by atoms with Crippen molar-refractivity contribution in [2.45, 2.75) is 26.3 Å². The van der Waals surface area contributed by atoms with Crippen molar-refractivity contribution in [1.82, 2.24) is 20.4 Å². The first-order valence-electron chi connectivity index (χ1n) is 7.40. The molecule has 0 radical (unpaired) electrons. The maximum Gasteiger partial charge on any atom is 0.191 e. The Labute approximate surface area is 125 Å². The summed E-state index contributed by atoms with van der Waals surface area (Å²) in [6.07, 6.45) is 7.28. The lowest BCUT2D eigenvalue weighted by Crippen LogP contribution is -2.38. The molecule has 0 saturated carbocycles. The lowest BCUT2D eigenvalue weighted by atomic mass is 10.3. The summed E-state index contributed by atoms with van der Waals surface area (Å²) in [5, 5.41) is 10.7. The summed E-state index contributed by atoms with van der Waals surface area (Å²) in [7, 11) is 0. The van der Waals surface area contributed by atoms with E-state index in [9.17, 15) is 0 Å². The van der Waals surface area contributed by atoms with Crippen LogP contribution in [0.25, 0.3) is 0 Å². The Morgan fingerprint density at radius 2 is 2.33 bits per heavy atom. The Morgan fingerprint density at radius 3 is 3.05 bits per heavy atom. The van der Waals surface area contributed by atoms with Crippen LogP contribution in [0, 0.1) is 0 Å². The summed E-state index contributed by atoms with van der Waals surface area (Å²) < 4.78 is 7.23. The minimum Gasteiger partial charge on any atom is -0.469 e. The average molecular weight is 289 g/mol. The number of nitrogens with one attached hydrogen (secondary N) is 2. The van der Waals surface area contributed by atoms with Gasteiger partial charge in [0, 0.05) is 45.0 Å². The molecule has 2 rings (SSSR count). The second-order valence-corrected chi connectivity index (χ2v) is 4.64. The summed E-state index contributed by atoms with van der Waals surface area (Å²) in [4.78, 5) is 4.55. The largest absolute Gasteiger partial charge is 0.469 e. The zero-order valence-electron chi connectivity index (χ0n) is 12.5. The predicted octanol–water partition coefficient (Wildman–Crippen LogP) is 1.66. The lowest BCUT2D eigenvalue weighted by molar-refractivity contribution is 0.506. The first-order chi connectivity index (χ1) is 10.4. The van der Waals surface area contributed by atoms with Crippen molar-refractivity contribution in [3.8, 4) is 0 Å². The van der Waals surface area contributed by atoms with E-state index in [-0.39, 0.29) is 0 Å². The van der Waals surface area contributed by atoms with Gasteiger partial charge in [0.25, 0.3) is 0 Å². The maximum absolute atomic E-state index is 5.31. The highest BCUT2D eigenvalue weighted by atomic mass is 16.3. The van der Waals surface area contributed by atoms with Crippen LogP contribution in [0.3, 0.4) is 0 Å². The van der Waals surface area contributed by atoms with Gasteiger partial charge in [0.05, 0.1) is 6.26 Å². The highest BCUT2D eigenvalue weighted by molar-refractivity contribution is 5.79. The number of hydrogen-bond donors (Lipinski definition) is 2. The number of guanidine groups is 1. The van der Waals surface area contributed by atoms with Crippen LogP contribution in [0.1, 0.15) is 19.1 Å². The molecule has 0 saturated heterocycles. The molecule has 0 atom stereocenters. The molecule has 6 nitrogen and oxygen atoms in total. The Bertz CT molecular complexity index is 504. The van der Waals surface area contributed by atoms with Gasteiger partial charge in [0.15, 0.2) is 5.96 Å². The number of hydrogen-bond acceptors (Lipinski definition) is 3. The molecule has 0 unspecified atom stereocenters. The van der Waals surface area contributed by atoms with Crippen LogP contribution in [0.15, 0.2) is 46.3 Å². The van der Waals surface area contributed by atoms with Gasteiger partial charge in [-0.3, -0.25) is 9.67 Å². The van der Waals surface area contributed by atoms with Crippen molar-refractivity contribution in [1.29, 1.82) is 0 Å². The number of aromatic nitrogens is 2. The minimum absolute atomic E-state index is 0.774. The summed E-state index contributed by atoms with van der Waals surface area (Å²) in [6.45, 7) is 5.38. The van der Waals surface area contributed by atoms with Crippen molar-refractivity contribution in [3.05, 3.63) is 42.6 Å². The number of nitrogens with zero attached hydrogens (tertiary/aromatic N) is 3. The molecule has 0 bridgehead atoms. The third-order valence-electron chi connectivity index (χ3n) is 2.96. The number of furan rings is 1. The predicted molar refractivity (Wildman–Crippen MR) is 83.2 cm³/mol. The molecule has 0 fully saturated rings. The Morgan fingerprint density at radius 1 is 1.38 bits per heavy atom. The van der Waals surface area contributed by atoms with Crippen molar-refractivity contribution in [3.63, 3.8) is 0 Å². The zero-order valence-corrected chi connectivity index (χ0v) is 12.5. The summed E-state index contributed by atoms with van der Waals surface area (Å²) in [6, 6.07) is 5.82. The molecule has 2 N–H and O–H groups in total. The monoisotopic (exact) mass is 289 g/mol. The number of aryl methyl sites for hydroxylation is 1. The van der Waals surface area contributed by atoms with Crippen LogP contribution in [0.4, 0.5) is 0 Å². The third-order valence-corrected chi connectivity index (χ3v) is 2.96. The topological polar surface area (TPSA) is 67.4 Å². The quantitative estimate of drug-likeness (QED) is 0.441. The minimum atomic E-state index is 0.774. The molecule has 0 aromatic carbocycles. The van der Waals surface area contributed by atoms with Gasteiger partial charge >= 0.3 is 0 Å². The fourth-order valence-corrected chi connectivity index (χ4v) is 1.96. The van der Waals surface area contributed by atoms with Gasteiger partial charge in [0.1, 0.15) is 5.76 Å². The van der Waals surface area contributed by atoms with Crippen molar-refractivity contribution in [2.24, 2.45) is 4.99 Å². The SMILES string of the molecule is CCNC(=NCCCn1cccn1)NCCc1ccco1. The molecule has 21 heavy (non-hydrogen) atoms. The molecule has 114 valence electrons. The van der Waals surface area contributed by atoms with Gasteiger partial charge in [-0.05, 0) is 31.5 Å². The van der Waals surface area contributed by atoms with E-state index < -0.39 is 0 Å². The Balaban J connectivity index is 1.68. The fourth-order valence-electron chi connectivity index (χ4n) is 1.96. The summed E-state index contributed by atoms with van der Waals surface area (Å²) in [5.41, 5.74) is 0. The average Bonchev–Trinajstić information content (AvgIpc) is 3.17. The molecule has 2 aromatic rings. The molecule has 0 aliphatic carbocycles. The van der Waals surface area contributed by atoms with Crippen LogP contribution < -0.4 is 10.6 Å². The second kappa shape index (κ2) is 8.84. The van der Waals surface area contributed by atoms with Gasteiger partial charge in [-0.15, -0.1) is 0 Å². The smallest absolute Gasteiger partial charge is 0.191 e. The molecule has 0 spiro atoms. The van der Waals surface area contributed by atoms with Crippen LogP contribution in [0.2, 0.25) is 0 Å². The Kier molecular flexibility index (Phi) is 6.38.